The molecule has 0 saturated carbocycles. The number of anilines is 1. The first-order valence-corrected chi connectivity index (χ1v) is 9.69. The van der Waals surface area contributed by atoms with Gasteiger partial charge in [0.2, 0.25) is 0 Å². The zero-order valence-corrected chi connectivity index (χ0v) is 16.9. The molecule has 148 valence electrons. The van der Waals surface area contributed by atoms with Gasteiger partial charge in [-0.1, -0.05) is 48.0 Å². The van der Waals surface area contributed by atoms with Crippen LogP contribution >= 0.6 is 0 Å². The third-order valence-corrected chi connectivity index (χ3v) is 5.06. The second-order valence-corrected chi connectivity index (χ2v) is 7.49. The van der Waals surface area contributed by atoms with Gasteiger partial charge in [0.1, 0.15) is 23.5 Å². The molecule has 3 aromatic carbocycles. The molecule has 1 amide bonds. The molecule has 0 aliphatic heterocycles. The Labute approximate surface area is 169 Å². The summed E-state index contributed by atoms with van der Waals surface area (Å²) >= 11 is 0. The maximum Gasteiger partial charge on any atom is 0.279 e. The lowest BCUT2D eigenvalue weighted by atomic mass is 10.1. The zero-order chi connectivity index (χ0) is 20.4. The highest BCUT2D eigenvalue weighted by atomic mass is 16.5. The largest absolute Gasteiger partial charge is 0.495 e. The van der Waals surface area contributed by atoms with Crippen LogP contribution in [0.1, 0.15) is 11.1 Å². The fraction of sp³-hybridized carbons (Fsp3) is 0.208. The van der Waals surface area contributed by atoms with Crippen molar-refractivity contribution in [2.45, 2.75) is 13.5 Å². The van der Waals surface area contributed by atoms with Crippen molar-refractivity contribution < 1.29 is 18.8 Å². The minimum atomic E-state index is -0.0663. The van der Waals surface area contributed by atoms with Crippen LogP contribution in [0.4, 0.5) is 5.69 Å². The first-order chi connectivity index (χ1) is 14.0. The molecule has 1 atom stereocenters. The van der Waals surface area contributed by atoms with Gasteiger partial charge in [0.05, 0.1) is 19.8 Å². The van der Waals surface area contributed by atoms with Crippen LogP contribution in [0.5, 0.6) is 5.75 Å². The number of benzene rings is 3. The van der Waals surface area contributed by atoms with Crippen LogP contribution < -0.4 is 15.0 Å². The van der Waals surface area contributed by atoms with Gasteiger partial charge in [-0.15, -0.1) is 0 Å². The maximum atomic E-state index is 12.6. The second kappa shape index (κ2) is 7.97. The van der Waals surface area contributed by atoms with Crippen LogP contribution in [-0.2, 0) is 11.3 Å². The summed E-state index contributed by atoms with van der Waals surface area (Å²) in [5.41, 5.74) is 4.60. The molecule has 4 rings (SSSR count). The minimum absolute atomic E-state index is 0.0663. The number of quaternary nitrogens is 1. The molecule has 5 nitrogen and oxygen atoms in total. The number of para-hydroxylation sites is 1. The van der Waals surface area contributed by atoms with Crippen molar-refractivity contribution in [2.24, 2.45) is 0 Å². The molecule has 1 heterocycles. The fourth-order valence-electron chi connectivity index (χ4n) is 3.60. The minimum Gasteiger partial charge on any atom is -0.495 e. The zero-order valence-electron chi connectivity index (χ0n) is 16.9. The van der Waals surface area contributed by atoms with Gasteiger partial charge in [0.25, 0.3) is 5.91 Å². The van der Waals surface area contributed by atoms with E-state index in [0.29, 0.717) is 18.0 Å². The third-order valence-electron chi connectivity index (χ3n) is 5.06. The first-order valence-electron chi connectivity index (χ1n) is 9.69. The fourth-order valence-corrected chi connectivity index (χ4v) is 3.60. The lowest BCUT2D eigenvalue weighted by molar-refractivity contribution is -0.885. The molecule has 2 N–H and O–H groups in total. The van der Waals surface area contributed by atoms with E-state index in [1.54, 1.807) is 7.11 Å². The number of ether oxygens (including phenoxy) is 1. The molecule has 0 aliphatic carbocycles. The smallest absolute Gasteiger partial charge is 0.279 e. The summed E-state index contributed by atoms with van der Waals surface area (Å²) in [7, 11) is 3.62. The van der Waals surface area contributed by atoms with Crippen molar-refractivity contribution in [1.29, 1.82) is 0 Å². The number of nitrogens with one attached hydrogen (secondary N) is 2. The van der Waals surface area contributed by atoms with Gasteiger partial charge >= 0.3 is 0 Å². The van der Waals surface area contributed by atoms with Gasteiger partial charge in [-0.3, -0.25) is 4.79 Å². The van der Waals surface area contributed by atoms with Crippen LogP contribution in [-0.4, -0.2) is 26.6 Å². The Kier molecular flexibility index (Phi) is 5.23. The summed E-state index contributed by atoms with van der Waals surface area (Å²) in [5, 5.41) is 4.98. The molecule has 1 aromatic heterocycles. The topological polar surface area (TPSA) is 55.9 Å². The molecule has 29 heavy (non-hydrogen) atoms. The van der Waals surface area contributed by atoms with E-state index in [1.165, 1.54) is 11.1 Å². The standard InChI is InChI=1S/C24H24N2O3/c1-16-8-10-17(11-9-16)14-26(2)15-24(27)25-20-13-22-19(12-23(20)28-3)18-6-4-5-7-21(18)29-22/h4-13H,14-15H2,1-3H3,(H,25,27)/p+1. The molecule has 4 aromatic rings. The molecular weight excluding hydrogens is 364 g/mol. The average molecular weight is 389 g/mol. The summed E-state index contributed by atoms with van der Waals surface area (Å²) in [6.07, 6.45) is 0. The Morgan fingerprint density at radius 3 is 2.55 bits per heavy atom. The molecule has 0 bridgehead atoms. The number of hydrogen-bond acceptors (Lipinski definition) is 3. The number of furan rings is 1. The number of hydrogen-bond donors (Lipinski definition) is 2. The summed E-state index contributed by atoms with van der Waals surface area (Å²) in [5.74, 6) is 0.553. The maximum absolute atomic E-state index is 12.6. The molecule has 0 aliphatic rings. The summed E-state index contributed by atoms with van der Waals surface area (Å²) < 4.78 is 11.5. The van der Waals surface area contributed by atoms with E-state index in [-0.39, 0.29) is 5.91 Å². The average Bonchev–Trinajstić information content (AvgIpc) is 3.06. The normalized spacial score (nSPS) is 12.2. The number of carbonyl (C=O) groups is 1. The Morgan fingerprint density at radius 2 is 1.79 bits per heavy atom. The van der Waals surface area contributed by atoms with Crippen LogP contribution in [0.15, 0.2) is 65.1 Å². The van der Waals surface area contributed by atoms with Crippen LogP contribution in [0.2, 0.25) is 0 Å². The van der Waals surface area contributed by atoms with E-state index in [1.807, 2.05) is 43.4 Å². The van der Waals surface area contributed by atoms with E-state index < -0.39 is 0 Å². The van der Waals surface area contributed by atoms with E-state index in [9.17, 15) is 4.79 Å². The number of aryl methyl sites for hydroxylation is 1. The van der Waals surface area contributed by atoms with Gasteiger partial charge in [0.15, 0.2) is 6.54 Å². The molecule has 0 spiro atoms. The number of fused-ring (bicyclic) bond motifs is 3. The predicted molar refractivity (Wildman–Crippen MR) is 116 cm³/mol. The van der Waals surface area contributed by atoms with Crippen molar-refractivity contribution in [3.63, 3.8) is 0 Å². The van der Waals surface area contributed by atoms with Crippen LogP contribution in [0.3, 0.4) is 0 Å². The lowest BCUT2D eigenvalue weighted by Gasteiger charge is -2.15. The van der Waals surface area contributed by atoms with Gasteiger partial charge in [-0.05, 0) is 19.1 Å². The van der Waals surface area contributed by atoms with E-state index in [0.717, 1.165) is 33.4 Å². The van der Waals surface area contributed by atoms with Crippen molar-refractivity contribution >= 4 is 33.5 Å². The Hall–Kier alpha value is -3.31. The summed E-state index contributed by atoms with van der Waals surface area (Å²) in [6, 6.07) is 20.0. The molecule has 1 unspecified atom stereocenters. The second-order valence-electron chi connectivity index (χ2n) is 7.49. The highest BCUT2D eigenvalue weighted by Crippen LogP contribution is 2.36. The van der Waals surface area contributed by atoms with Gasteiger partial charge in [-0.2, -0.15) is 0 Å². The SMILES string of the molecule is COc1cc2c(cc1NC(=O)C[NH+](C)Cc1ccc(C)cc1)oc1ccccc12. The van der Waals surface area contributed by atoms with E-state index in [4.69, 9.17) is 9.15 Å². The Bertz CT molecular complexity index is 1160. The van der Waals surface area contributed by atoms with Crippen molar-refractivity contribution in [1.82, 2.24) is 0 Å². The molecule has 0 fully saturated rings. The quantitative estimate of drug-likeness (QED) is 0.530. The summed E-state index contributed by atoms with van der Waals surface area (Å²) in [6.45, 7) is 3.21. The molecule has 0 radical (unpaired) electrons. The number of carbonyl (C=O) groups excluding carboxylic acids is 1. The summed E-state index contributed by atoms with van der Waals surface area (Å²) in [4.78, 5) is 13.7. The highest BCUT2D eigenvalue weighted by molar-refractivity contribution is 6.07. The monoisotopic (exact) mass is 389 g/mol. The van der Waals surface area contributed by atoms with Crippen molar-refractivity contribution in [3.05, 3.63) is 71.8 Å². The number of rotatable bonds is 6. The van der Waals surface area contributed by atoms with E-state index >= 15 is 0 Å². The highest BCUT2D eigenvalue weighted by Gasteiger charge is 2.16. The van der Waals surface area contributed by atoms with E-state index in [2.05, 4.69) is 36.5 Å². The Balaban J connectivity index is 1.50. The molecular formula is C24H25N2O3+. The number of methoxy groups -OCH3 is 1. The Morgan fingerprint density at radius 1 is 1.03 bits per heavy atom. The lowest BCUT2D eigenvalue weighted by Crippen LogP contribution is -3.08. The predicted octanol–water partition coefficient (Wildman–Crippen LogP) is 3.56. The van der Waals surface area contributed by atoms with Crippen molar-refractivity contribution in [3.8, 4) is 5.75 Å². The van der Waals surface area contributed by atoms with Gasteiger partial charge in [0, 0.05) is 22.4 Å². The van der Waals surface area contributed by atoms with Crippen LogP contribution in [0.25, 0.3) is 21.9 Å². The van der Waals surface area contributed by atoms with Gasteiger partial charge in [-0.25, -0.2) is 0 Å². The molecule has 5 heteroatoms. The number of amides is 1. The first kappa shape index (κ1) is 19.0. The van der Waals surface area contributed by atoms with Crippen molar-refractivity contribution in [2.75, 3.05) is 26.0 Å². The molecule has 0 saturated heterocycles. The third kappa shape index (κ3) is 4.10. The van der Waals surface area contributed by atoms with Crippen LogP contribution in [0, 0.1) is 6.92 Å². The van der Waals surface area contributed by atoms with Gasteiger partial charge < -0.3 is 19.4 Å². The number of likely N-dealkylation sites (N-methyl/N-ethyl adjacent to an activating group) is 1.